The molecule has 0 bridgehead atoms. The maximum absolute atomic E-state index is 13.5. The van der Waals surface area contributed by atoms with Gasteiger partial charge in [0.15, 0.2) is 9.84 Å². The molecule has 1 fully saturated rings. The standard InChI is InChI=1S/C22H27ClN2O4S/c1-14-5-7-15(8-6-14)18-19(30(27,28)17-11-9-16(23)10-12-17)22(18,13-24)25-20(26)29-21(2,3)4/h5-12,18-19H,13,24H2,1-4H3,(H,25,26). The molecule has 0 radical (unpaired) electrons. The van der Waals surface area contributed by atoms with Crippen LogP contribution in [0.5, 0.6) is 0 Å². The molecule has 1 aliphatic carbocycles. The zero-order valence-corrected chi connectivity index (χ0v) is 19.0. The van der Waals surface area contributed by atoms with Crippen LogP contribution in [0.4, 0.5) is 4.79 Å². The number of alkyl carbamates (subject to hydrolysis) is 1. The number of ether oxygens (including phenoxy) is 1. The van der Waals surface area contributed by atoms with E-state index in [0.717, 1.165) is 11.1 Å². The van der Waals surface area contributed by atoms with E-state index in [0.29, 0.717) is 5.02 Å². The van der Waals surface area contributed by atoms with Crippen LogP contribution in [0.25, 0.3) is 0 Å². The van der Waals surface area contributed by atoms with Crippen molar-refractivity contribution in [2.45, 2.75) is 54.9 Å². The molecule has 0 spiro atoms. The van der Waals surface area contributed by atoms with Crippen molar-refractivity contribution in [2.24, 2.45) is 5.73 Å². The van der Waals surface area contributed by atoms with Gasteiger partial charge in [0.2, 0.25) is 0 Å². The lowest BCUT2D eigenvalue weighted by atomic mass is 10.0. The number of halogens is 1. The largest absolute Gasteiger partial charge is 0.444 e. The average molecular weight is 451 g/mol. The number of nitrogens with one attached hydrogen (secondary N) is 1. The molecular formula is C22H27ClN2O4S. The fourth-order valence-electron chi connectivity index (χ4n) is 3.81. The maximum Gasteiger partial charge on any atom is 0.408 e. The Bertz CT molecular complexity index is 1030. The summed E-state index contributed by atoms with van der Waals surface area (Å²) in [6, 6.07) is 13.6. The second-order valence-corrected chi connectivity index (χ2v) is 11.2. The highest BCUT2D eigenvalue weighted by atomic mass is 35.5. The molecule has 0 heterocycles. The molecule has 2 aromatic rings. The van der Waals surface area contributed by atoms with Crippen molar-refractivity contribution in [3.8, 4) is 0 Å². The van der Waals surface area contributed by atoms with Gasteiger partial charge in [-0.2, -0.15) is 0 Å². The van der Waals surface area contributed by atoms with Crippen molar-refractivity contribution in [3.63, 3.8) is 0 Å². The minimum atomic E-state index is -3.81. The van der Waals surface area contributed by atoms with Crippen LogP contribution in [0, 0.1) is 6.92 Å². The van der Waals surface area contributed by atoms with Crippen molar-refractivity contribution in [2.75, 3.05) is 6.54 Å². The zero-order chi connectivity index (χ0) is 22.3. The fraction of sp³-hybridized carbons (Fsp3) is 0.409. The van der Waals surface area contributed by atoms with Gasteiger partial charge in [-0.05, 0) is 57.5 Å². The van der Waals surface area contributed by atoms with Gasteiger partial charge in [0.05, 0.1) is 10.4 Å². The van der Waals surface area contributed by atoms with Crippen LogP contribution in [0.3, 0.4) is 0 Å². The van der Waals surface area contributed by atoms with E-state index < -0.39 is 38.2 Å². The van der Waals surface area contributed by atoms with Gasteiger partial charge in [-0.25, -0.2) is 13.2 Å². The molecule has 0 saturated heterocycles. The van der Waals surface area contributed by atoms with Crippen molar-refractivity contribution in [3.05, 3.63) is 64.7 Å². The number of aryl methyl sites for hydroxylation is 1. The van der Waals surface area contributed by atoms with E-state index in [9.17, 15) is 13.2 Å². The lowest BCUT2D eigenvalue weighted by Gasteiger charge is -2.24. The number of hydrogen-bond acceptors (Lipinski definition) is 5. The van der Waals surface area contributed by atoms with Crippen molar-refractivity contribution < 1.29 is 17.9 Å². The van der Waals surface area contributed by atoms with Crippen LogP contribution in [0.1, 0.15) is 37.8 Å². The van der Waals surface area contributed by atoms with Crippen molar-refractivity contribution in [1.29, 1.82) is 0 Å². The summed E-state index contributed by atoms with van der Waals surface area (Å²) in [6.45, 7) is 7.13. The molecule has 3 atom stereocenters. The molecule has 8 heteroatoms. The molecule has 3 N–H and O–H groups in total. The molecule has 0 aromatic heterocycles. The quantitative estimate of drug-likeness (QED) is 0.721. The first kappa shape index (κ1) is 22.6. The summed E-state index contributed by atoms with van der Waals surface area (Å²) in [5.74, 6) is -0.503. The average Bonchev–Trinajstić information content (AvgIpc) is 3.30. The molecular weight excluding hydrogens is 424 g/mol. The Hall–Kier alpha value is -2.09. The molecule has 3 unspecified atom stereocenters. The summed E-state index contributed by atoms with van der Waals surface area (Å²) in [5, 5.41) is 2.30. The maximum atomic E-state index is 13.5. The Kier molecular flexibility index (Phi) is 5.93. The van der Waals surface area contributed by atoms with Crippen LogP contribution in [-0.2, 0) is 14.6 Å². The highest BCUT2D eigenvalue weighted by molar-refractivity contribution is 7.92. The number of amides is 1. The first-order valence-corrected chi connectivity index (χ1v) is 11.6. The van der Waals surface area contributed by atoms with Gasteiger partial charge in [-0.15, -0.1) is 0 Å². The summed E-state index contributed by atoms with van der Waals surface area (Å²) in [5.41, 5.74) is 6.02. The Morgan fingerprint density at radius 3 is 2.20 bits per heavy atom. The third kappa shape index (κ3) is 4.33. The highest BCUT2D eigenvalue weighted by Crippen LogP contribution is 2.57. The van der Waals surface area contributed by atoms with Gasteiger partial charge in [-0.1, -0.05) is 41.4 Å². The molecule has 3 rings (SSSR count). The van der Waals surface area contributed by atoms with Crippen molar-refractivity contribution in [1.82, 2.24) is 5.32 Å². The molecule has 6 nitrogen and oxygen atoms in total. The molecule has 30 heavy (non-hydrogen) atoms. The van der Waals surface area contributed by atoms with E-state index in [4.69, 9.17) is 22.1 Å². The van der Waals surface area contributed by atoms with E-state index in [2.05, 4.69) is 5.32 Å². The van der Waals surface area contributed by atoms with Gasteiger partial charge < -0.3 is 15.8 Å². The van der Waals surface area contributed by atoms with Crippen LogP contribution < -0.4 is 11.1 Å². The highest BCUT2D eigenvalue weighted by Gasteiger charge is 2.71. The van der Waals surface area contributed by atoms with Gasteiger partial charge in [0.1, 0.15) is 10.9 Å². The Labute approximate surface area is 182 Å². The van der Waals surface area contributed by atoms with Crippen LogP contribution >= 0.6 is 11.6 Å². The number of nitrogens with two attached hydrogens (primary N) is 1. The number of carbonyl (C=O) groups is 1. The number of rotatable bonds is 5. The van der Waals surface area contributed by atoms with Crippen LogP contribution in [0.15, 0.2) is 53.4 Å². The number of benzene rings is 2. The first-order valence-electron chi connectivity index (χ1n) is 9.68. The molecule has 2 aromatic carbocycles. The van der Waals surface area contributed by atoms with Crippen LogP contribution in [-0.4, -0.2) is 37.4 Å². The summed E-state index contributed by atoms with van der Waals surface area (Å²) < 4.78 is 32.4. The molecule has 1 amide bonds. The molecule has 1 saturated carbocycles. The fourth-order valence-corrected chi connectivity index (χ4v) is 6.28. The third-order valence-corrected chi connectivity index (χ3v) is 7.78. The normalized spacial score (nSPS) is 23.7. The lowest BCUT2D eigenvalue weighted by molar-refractivity contribution is 0.0497. The molecule has 0 aliphatic heterocycles. The summed E-state index contributed by atoms with van der Waals surface area (Å²) in [7, 11) is -3.81. The second kappa shape index (κ2) is 7.87. The summed E-state index contributed by atoms with van der Waals surface area (Å²) >= 11 is 5.92. The third-order valence-electron chi connectivity index (χ3n) is 5.24. The Morgan fingerprint density at radius 1 is 1.13 bits per heavy atom. The predicted molar refractivity (Wildman–Crippen MR) is 118 cm³/mol. The Morgan fingerprint density at radius 2 is 1.70 bits per heavy atom. The van der Waals surface area contributed by atoms with Gasteiger partial charge in [0, 0.05) is 17.5 Å². The monoisotopic (exact) mass is 450 g/mol. The summed E-state index contributed by atoms with van der Waals surface area (Å²) in [6.07, 6.45) is -0.695. The minimum Gasteiger partial charge on any atom is -0.444 e. The predicted octanol–water partition coefficient (Wildman–Crippen LogP) is 3.81. The van der Waals surface area contributed by atoms with Crippen molar-refractivity contribution >= 4 is 27.5 Å². The number of carbonyl (C=O) groups excluding carboxylic acids is 1. The summed E-state index contributed by atoms with van der Waals surface area (Å²) in [4.78, 5) is 12.7. The van der Waals surface area contributed by atoms with E-state index in [1.807, 2.05) is 31.2 Å². The molecule has 1 aliphatic rings. The smallest absolute Gasteiger partial charge is 0.408 e. The SMILES string of the molecule is Cc1ccc(C2C(S(=O)(=O)c3ccc(Cl)cc3)C2(CN)NC(=O)OC(C)(C)C)cc1. The molecule has 162 valence electrons. The lowest BCUT2D eigenvalue weighted by Crippen LogP contribution is -2.49. The zero-order valence-electron chi connectivity index (χ0n) is 17.5. The van der Waals surface area contributed by atoms with E-state index >= 15 is 0 Å². The van der Waals surface area contributed by atoms with E-state index in [1.165, 1.54) is 24.3 Å². The minimum absolute atomic E-state index is 0.0533. The topological polar surface area (TPSA) is 98.5 Å². The number of hydrogen-bond donors (Lipinski definition) is 2. The van der Waals surface area contributed by atoms with Gasteiger partial charge in [-0.3, -0.25) is 0 Å². The number of sulfone groups is 1. The van der Waals surface area contributed by atoms with E-state index in [1.54, 1.807) is 20.8 Å². The van der Waals surface area contributed by atoms with Gasteiger partial charge in [0.25, 0.3) is 0 Å². The first-order chi connectivity index (χ1) is 13.9. The van der Waals surface area contributed by atoms with E-state index in [-0.39, 0.29) is 11.4 Å². The Balaban J connectivity index is 2.03. The second-order valence-electron chi connectivity index (χ2n) is 8.68. The van der Waals surface area contributed by atoms with Crippen LogP contribution in [0.2, 0.25) is 5.02 Å². The van der Waals surface area contributed by atoms with Gasteiger partial charge >= 0.3 is 6.09 Å².